The number of sulfone groups is 1. The van der Waals surface area contributed by atoms with Gasteiger partial charge in [-0.25, -0.2) is 13.4 Å². The SMILES string of the molecule is CCNC(=NCc1ccc(S(C)(=O)=O)c(C)c1)NCCOCC1CC1.I. The first kappa shape index (κ1) is 23.2. The summed E-state index contributed by atoms with van der Waals surface area (Å²) >= 11 is 0. The van der Waals surface area contributed by atoms with Crippen LogP contribution in [-0.2, 0) is 21.1 Å². The summed E-state index contributed by atoms with van der Waals surface area (Å²) in [6, 6.07) is 5.35. The van der Waals surface area contributed by atoms with Crippen LogP contribution in [0, 0.1) is 12.8 Å². The second-order valence-corrected chi connectivity index (χ2v) is 8.50. The summed E-state index contributed by atoms with van der Waals surface area (Å²) in [5, 5.41) is 6.46. The van der Waals surface area contributed by atoms with Crippen molar-refractivity contribution in [2.24, 2.45) is 10.9 Å². The zero-order valence-corrected chi connectivity index (χ0v) is 18.9. The zero-order valence-electron chi connectivity index (χ0n) is 15.7. The Labute approximate surface area is 174 Å². The van der Waals surface area contributed by atoms with Crippen molar-refractivity contribution in [1.29, 1.82) is 0 Å². The van der Waals surface area contributed by atoms with E-state index in [0.717, 1.165) is 36.2 Å². The van der Waals surface area contributed by atoms with Gasteiger partial charge < -0.3 is 15.4 Å². The van der Waals surface area contributed by atoms with Crippen LogP contribution < -0.4 is 10.6 Å². The molecule has 0 aromatic heterocycles. The Kier molecular flexibility index (Phi) is 9.88. The van der Waals surface area contributed by atoms with Crippen molar-refractivity contribution < 1.29 is 13.2 Å². The summed E-state index contributed by atoms with van der Waals surface area (Å²) in [6.07, 6.45) is 3.83. The molecule has 1 aliphatic carbocycles. The quantitative estimate of drug-likeness (QED) is 0.238. The topological polar surface area (TPSA) is 79.8 Å². The van der Waals surface area contributed by atoms with Gasteiger partial charge in [0, 0.05) is 26.0 Å². The molecular weight excluding hydrogens is 465 g/mol. The molecule has 0 radical (unpaired) electrons. The van der Waals surface area contributed by atoms with E-state index >= 15 is 0 Å². The average molecular weight is 495 g/mol. The number of rotatable bonds is 9. The van der Waals surface area contributed by atoms with Gasteiger partial charge in [0.05, 0.1) is 18.0 Å². The minimum absolute atomic E-state index is 0. The fourth-order valence-electron chi connectivity index (χ4n) is 2.51. The molecule has 1 aromatic rings. The van der Waals surface area contributed by atoms with Crippen LogP contribution >= 0.6 is 24.0 Å². The normalized spacial score (nSPS) is 14.7. The highest BCUT2D eigenvalue weighted by atomic mass is 127. The molecule has 2 N–H and O–H groups in total. The first-order valence-electron chi connectivity index (χ1n) is 8.79. The maximum absolute atomic E-state index is 11.7. The number of ether oxygens (including phenoxy) is 1. The van der Waals surface area contributed by atoms with E-state index < -0.39 is 9.84 Å². The molecule has 0 aliphatic heterocycles. The van der Waals surface area contributed by atoms with Crippen molar-refractivity contribution in [1.82, 2.24) is 10.6 Å². The van der Waals surface area contributed by atoms with Crippen LogP contribution in [0.5, 0.6) is 0 Å². The molecule has 0 heterocycles. The number of benzene rings is 1. The highest BCUT2D eigenvalue weighted by Gasteiger charge is 2.20. The fourth-order valence-corrected chi connectivity index (χ4v) is 3.47. The number of halogens is 1. The van der Waals surface area contributed by atoms with E-state index in [1.807, 2.05) is 26.0 Å². The van der Waals surface area contributed by atoms with Crippen molar-refractivity contribution in [3.63, 3.8) is 0 Å². The summed E-state index contributed by atoms with van der Waals surface area (Å²) in [5.41, 5.74) is 1.73. The third-order valence-corrected chi connectivity index (χ3v) is 5.25. The molecule has 148 valence electrons. The average Bonchev–Trinajstić information content (AvgIpc) is 3.35. The van der Waals surface area contributed by atoms with Gasteiger partial charge in [0.2, 0.25) is 0 Å². The van der Waals surface area contributed by atoms with E-state index in [1.165, 1.54) is 19.1 Å². The van der Waals surface area contributed by atoms with Crippen LogP contribution in [0.15, 0.2) is 28.1 Å². The molecule has 0 atom stereocenters. The van der Waals surface area contributed by atoms with Gasteiger partial charge in [-0.05, 0) is 49.8 Å². The highest BCUT2D eigenvalue weighted by Crippen LogP contribution is 2.28. The first-order chi connectivity index (χ1) is 11.9. The maximum Gasteiger partial charge on any atom is 0.191 e. The Balaban J connectivity index is 0.00000338. The molecule has 1 fully saturated rings. The lowest BCUT2D eigenvalue weighted by Crippen LogP contribution is -2.39. The van der Waals surface area contributed by atoms with Crippen LogP contribution in [0.1, 0.15) is 30.9 Å². The molecule has 6 nitrogen and oxygen atoms in total. The molecular formula is C18H30IN3O3S. The van der Waals surface area contributed by atoms with Gasteiger partial charge in [-0.3, -0.25) is 0 Å². The van der Waals surface area contributed by atoms with Gasteiger partial charge in [0.15, 0.2) is 15.8 Å². The lowest BCUT2D eigenvalue weighted by molar-refractivity contribution is 0.129. The van der Waals surface area contributed by atoms with Crippen molar-refractivity contribution in [2.45, 2.75) is 38.1 Å². The van der Waals surface area contributed by atoms with Gasteiger partial charge in [0.1, 0.15) is 0 Å². The van der Waals surface area contributed by atoms with Crippen LogP contribution in [0.2, 0.25) is 0 Å². The Bertz CT molecular complexity index is 704. The highest BCUT2D eigenvalue weighted by molar-refractivity contribution is 14.0. The van der Waals surface area contributed by atoms with Crippen LogP contribution in [0.4, 0.5) is 0 Å². The van der Waals surface area contributed by atoms with Gasteiger partial charge in [-0.15, -0.1) is 24.0 Å². The molecule has 26 heavy (non-hydrogen) atoms. The second-order valence-electron chi connectivity index (χ2n) is 6.51. The summed E-state index contributed by atoms with van der Waals surface area (Å²) < 4.78 is 29.0. The lowest BCUT2D eigenvalue weighted by Gasteiger charge is -2.12. The Morgan fingerprint density at radius 3 is 2.62 bits per heavy atom. The molecule has 8 heteroatoms. The predicted molar refractivity (Wildman–Crippen MR) is 116 cm³/mol. The molecule has 1 saturated carbocycles. The third kappa shape index (κ3) is 8.22. The van der Waals surface area contributed by atoms with Gasteiger partial charge >= 0.3 is 0 Å². The third-order valence-electron chi connectivity index (χ3n) is 3.99. The van der Waals surface area contributed by atoms with E-state index in [9.17, 15) is 8.42 Å². The number of aryl methyl sites for hydroxylation is 1. The van der Waals surface area contributed by atoms with E-state index in [-0.39, 0.29) is 24.0 Å². The summed E-state index contributed by atoms with van der Waals surface area (Å²) in [4.78, 5) is 4.92. The molecule has 2 rings (SSSR count). The van der Waals surface area contributed by atoms with Crippen LogP contribution in [-0.4, -0.2) is 46.9 Å². The summed E-state index contributed by atoms with van der Waals surface area (Å²) in [7, 11) is -3.18. The fraction of sp³-hybridized carbons (Fsp3) is 0.611. The minimum atomic E-state index is -3.18. The summed E-state index contributed by atoms with van der Waals surface area (Å²) in [5.74, 6) is 1.52. The molecule has 1 aliphatic rings. The molecule has 0 unspecified atom stereocenters. The van der Waals surface area contributed by atoms with Crippen molar-refractivity contribution in [2.75, 3.05) is 32.6 Å². The van der Waals surface area contributed by atoms with Crippen LogP contribution in [0.25, 0.3) is 0 Å². The number of guanidine groups is 1. The largest absolute Gasteiger partial charge is 0.379 e. The van der Waals surface area contributed by atoms with E-state index in [2.05, 4.69) is 15.6 Å². The van der Waals surface area contributed by atoms with E-state index in [4.69, 9.17) is 4.74 Å². The van der Waals surface area contributed by atoms with Crippen molar-refractivity contribution >= 4 is 39.8 Å². The Morgan fingerprint density at radius 1 is 1.31 bits per heavy atom. The maximum atomic E-state index is 11.7. The Morgan fingerprint density at radius 2 is 2.04 bits per heavy atom. The zero-order chi connectivity index (χ0) is 18.3. The monoisotopic (exact) mass is 495 g/mol. The smallest absolute Gasteiger partial charge is 0.191 e. The molecule has 1 aromatic carbocycles. The number of hydrogen-bond acceptors (Lipinski definition) is 4. The van der Waals surface area contributed by atoms with E-state index in [0.29, 0.717) is 24.6 Å². The second kappa shape index (κ2) is 11.1. The number of hydrogen-bond donors (Lipinski definition) is 2. The standard InChI is InChI=1S/C18H29N3O3S.HI/c1-4-19-18(20-9-10-24-13-15-5-6-15)21-12-16-7-8-17(14(2)11-16)25(3,22)23;/h7-8,11,15H,4-6,9-10,12-13H2,1-3H3,(H2,19,20,21);1H. The molecule has 0 spiro atoms. The Hall–Kier alpha value is -0.870. The van der Waals surface area contributed by atoms with Crippen LogP contribution in [0.3, 0.4) is 0 Å². The van der Waals surface area contributed by atoms with Crippen molar-refractivity contribution in [3.05, 3.63) is 29.3 Å². The molecule has 0 amide bonds. The van der Waals surface area contributed by atoms with E-state index in [1.54, 1.807) is 6.07 Å². The number of aliphatic imine (C=N–C) groups is 1. The molecule has 0 bridgehead atoms. The first-order valence-corrected chi connectivity index (χ1v) is 10.7. The predicted octanol–water partition coefficient (Wildman–Crippen LogP) is 2.50. The summed E-state index contributed by atoms with van der Waals surface area (Å²) in [6.45, 7) is 7.34. The van der Waals surface area contributed by atoms with Gasteiger partial charge in [0.25, 0.3) is 0 Å². The number of nitrogens with zero attached hydrogens (tertiary/aromatic N) is 1. The van der Waals surface area contributed by atoms with Gasteiger partial charge in [-0.1, -0.05) is 12.1 Å². The van der Waals surface area contributed by atoms with Gasteiger partial charge in [-0.2, -0.15) is 0 Å². The number of nitrogens with one attached hydrogen (secondary N) is 2. The lowest BCUT2D eigenvalue weighted by atomic mass is 10.1. The van der Waals surface area contributed by atoms with Crippen molar-refractivity contribution in [3.8, 4) is 0 Å². The minimum Gasteiger partial charge on any atom is -0.379 e. The molecule has 0 saturated heterocycles.